The molecular weight excluding hydrogens is 575 g/mol. The lowest BCUT2D eigenvalue weighted by molar-refractivity contribution is 0.100. The highest BCUT2D eigenvalue weighted by Crippen LogP contribution is 2.40. The Labute approximate surface area is 254 Å². The second-order valence-corrected chi connectivity index (χ2v) is 11.3. The third-order valence-electron chi connectivity index (χ3n) is 8.10. The summed E-state index contributed by atoms with van der Waals surface area (Å²) in [7, 11) is 3.72. The first-order valence-corrected chi connectivity index (χ1v) is 14.7. The molecule has 2 aliphatic heterocycles. The van der Waals surface area contributed by atoms with Crippen molar-refractivity contribution in [3.63, 3.8) is 0 Å². The summed E-state index contributed by atoms with van der Waals surface area (Å²) in [5.74, 6) is -0.0212. The van der Waals surface area contributed by atoms with Crippen LogP contribution < -0.4 is 16.0 Å². The Morgan fingerprint density at radius 3 is 1.95 bits per heavy atom. The van der Waals surface area contributed by atoms with Gasteiger partial charge in [0.05, 0.1) is 32.8 Å². The molecule has 2 aromatic heterocycles. The highest BCUT2D eigenvalue weighted by Gasteiger charge is 2.26. The third-order valence-corrected chi connectivity index (χ3v) is 8.91. The summed E-state index contributed by atoms with van der Waals surface area (Å²) in [6.07, 6.45) is 1.66. The molecule has 2 aromatic carbocycles. The number of amides is 2. The summed E-state index contributed by atoms with van der Waals surface area (Å²) in [6.45, 7) is 6.22. The van der Waals surface area contributed by atoms with Crippen molar-refractivity contribution in [2.24, 2.45) is 14.1 Å². The van der Waals surface area contributed by atoms with E-state index in [1.165, 1.54) is 0 Å². The summed E-state index contributed by atoms with van der Waals surface area (Å²) in [6, 6.07) is 10.7. The number of benzene rings is 2. The number of nitrogens with one attached hydrogen (secondary N) is 3. The topological polar surface area (TPSA) is 109 Å². The van der Waals surface area contributed by atoms with Gasteiger partial charge in [0.2, 0.25) is 0 Å². The minimum absolute atomic E-state index is 0.325. The highest BCUT2D eigenvalue weighted by atomic mass is 35.5. The Morgan fingerprint density at radius 2 is 1.40 bits per heavy atom. The van der Waals surface area contributed by atoms with Gasteiger partial charge < -0.3 is 25.1 Å². The molecule has 0 unspecified atom stereocenters. The molecular formula is C30H32Cl2N8O2. The van der Waals surface area contributed by atoms with E-state index in [0.29, 0.717) is 50.7 Å². The molecule has 4 heterocycles. The molecule has 218 valence electrons. The first kappa shape index (κ1) is 28.4. The van der Waals surface area contributed by atoms with Gasteiger partial charge in [-0.05, 0) is 18.7 Å². The van der Waals surface area contributed by atoms with Gasteiger partial charge in [-0.25, -0.2) is 9.97 Å². The van der Waals surface area contributed by atoms with Crippen LogP contribution in [-0.2, 0) is 40.0 Å². The van der Waals surface area contributed by atoms with Gasteiger partial charge in [-0.2, -0.15) is 0 Å². The molecule has 12 heteroatoms. The molecule has 0 fully saturated rings. The van der Waals surface area contributed by atoms with Crippen LogP contribution >= 0.6 is 23.2 Å². The number of nitrogens with zero attached hydrogens (tertiary/aromatic N) is 5. The minimum atomic E-state index is -0.349. The quantitative estimate of drug-likeness (QED) is 0.295. The van der Waals surface area contributed by atoms with Gasteiger partial charge in [-0.3, -0.25) is 14.5 Å². The highest BCUT2D eigenvalue weighted by molar-refractivity contribution is 6.40. The fourth-order valence-electron chi connectivity index (χ4n) is 5.74. The number of imidazole rings is 2. The third kappa shape index (κ3) is 5.09. The van der Waals surface area contributed by atoms with Crippen LogP contribution in [0.4, 0.5) is 11.4 Å². The number of hydrogen-bond acceptors (Lipinski definition) is 6. The Hall–Kier alpha value is -3.70. The average molecular weight is 608 g/mol. The molecule has 2 aliphatic rings. The average Bonchev–Trinajstić information content (AvgIpc) is 3.51. The second-order valence-electron chi connectivity index (χ2n) is 10.6. The van der Waals surface area contributed by atoms with Crippen LogP contribution in [0.3, 0.4) is 0 Å². The molecule has 0 saturated heterocycles. The van der Waals surface area contributed by atoms with Gasteiger partial charge in [0.25, 0.3) is 11.8 Å². The molecule has 10 nitrogen and oxygen atoms in total. The van der Waals surface area contributed by atoms with E-state index in [2.05, 4.69) is 37.7 Å². The zero-order chi connectivity index (χ0) is 29.5. The molecule has 3 N–H and O–H groups in total. The minimum Gasteiger partial charge on any atom is -0.327 e. The van der Waals surface area contributed by atoms with Crippen molar-refractivity contribution >= 4 is 46.4 Å². The van der Waals surface area contributed by atoms with Crippen LogP contribution in [0.1, 0.15) is 50.9 Å². The lowest BCUT2D eigenvalue weighted by Gasteiger charge is -2.24. The maximum absolute atomic E-state index is 13.3. The van der Waals surface area contributed by atoms with Crippen LogP contribution in [0.2, 0.25) is 10.0 Å². The van der Waals surface area contributed by atoms with Crippen LogP contribution in [0.25, 0.3) is 11.1 Å². The van der Waals surface area contributed by atoms with E-state index in [1.807, 2.05) is 35.4 Å². The molecule has 0 radical (unpaired) electrons. The predicted molar refractivity (Wildman–Crippen MR) is 164 cm³/mol. The number of anilines is 2. The van der Waals surface area contributed by atoms with Crippen molar-refractivity contribution in [2.75, 3.05) is 30.3 Å². The van der Waals surface area contributed by atoms with Crippen molar-refractivity contribution in [2.45, 2.75) is 32.9 Å². The number of fused-ring (bicyclic) bond motifs is 2. The Kier molecular flexibility index (Phi) is 7.80. The SMILES string of the molecule is CCN1CCc2c(nc(C(=O)Nc3cccc(-c4cccc(NC(=O)c5nc6c(n5C)CCNC6)c4Cl)c3Cl)n2C)C1. The molecule has 2 amide bonds. The summed E-state index contributed by atoms with van der Waals surface area (Å²) in [5.41, 5.74) is 6.06. The van der Waals surface area contributed by atoms with Gasteiger partial charge >= 0.3 is 0 Å². The molecule has 0 atom stereocenters. The summed E-state index contributed by atoms with van der Waals surface area (Å²) < 4.78 is 3.71. The van der Waals surface area contributed by atoms with E-state index >= 15 is 0 Å². The van der Waals surface area contributed by atoms with Crippen molar-refractivity contribution in [1.29, 1.82) is 0 Å². The lowest BCUT2D eigenvalue weighted by atomic mass is 10.0. The van der Waals surface area contributed by atoms with Crippen molar-refractivity contribution in [1.82, 2.24) is 29.3 Å². The van der Waals surface area contributed by atoms with E-state index in [1.54, 1.807) is 24.3 Å². The maximum Gasteiger partial charge on any atom is 0.291 e. The first-order valence-electron chi connectivity index (χ1n) is 14.0. The van der Waals surface area contributed by atoms with E-state index in [4.69, 9.17) is 23.2 Å². The lowest BCUT2D eigenvalue weighted by Crippen LogP contribution is -2.30. The standard InChI is InChI=1S/C30H32Cl2N8O2/c1-4-40-14-12-24-22(16-40)35-28(39(24)3)30(42)37-20-10-6-8-18(26(20)32)17-7-5-9-19(25(17)31)36-29(41)27-34-21-15-33-13-11-23(21)38(27)2/h5-10,33H,4,11-16H2,1-3H3,(H,36,41)(H,37,42). The van der Waals surface area contributed by atoms with E-state index in [0.717, 1.165) is 61.8 Å². The van der Waals surface area contributed by atoms with Crippen LogP contribution in [0, 0.1) is 0 Å². The van der Waals surface area contributed by atoms with Gasteiger partial charge in [0.15, 0.2) is 11.6 Å². The fraction of sp³-hybridized carbons (Fsp3) is 0.333. The first-order chi connectivity index (χ1) is 20.3. The molecule has 0 saturated carbocycles. The molecule has 0 bridgehead atoms. The Morgan fingerprint density at radius 1 is 0.857 bits per heavy atom. The van der Waals surface area contributed by atoms with Crippen molar-refractivity contribution < 1.29 is 9.59 Å². The van der Waals surface area contributed by atoms with Crippen molar-refractivity contribution in [3.8, 4) is 11.1 Å². The second kappa shape index (κ2) is 11.5. The zero-order valence-electron chi connectivity index (χ0n) is 23.7. The maximum atomic E-state index is 13.3. The number of likely N-dealkylation sites (N-methyl/N-ethyl adjacent to an activating group) is 1. The van der Waals surface area contributed by atoms with E-state index in [9.17, 15) is 9.59 Å². The summed E-state index contributed by atoms with van der Waals surface area (Å²) in [4.78, 5) is 38.0. The molecule has 0 aliphatic carbocycles. The normalized spacial score (nSPS) is 14.8. The predicted octanol–water partition coefficient (Wildman–Crippen LogP) is 4.66. The largest absolute Gasteiger partial charge is 0.327 e. The summed E-state index contributed by atoms with van der Waals surface area (Å²) in [5, 5.41) is 9.78. The summed E-state index contributed by atoms with van der Waals surface area (Å²) >= 11 is 13.7. The van der Waals surface area contributed by atoms with Crippen LogP contribution in [0.5, 0.6) is 0 Å². The number of carbonyl (C=O) groups is 2. The number of hydrogen-bond donors (Lipinski definition) is 3. The number of carbonyl (C=O) groups excluding carboxylic acids is 2. The number of halogens is 2. The van der Waals surface area contributed by atoms with Crippen molar-refractivity contribution in [3.05, 3.63) is 80.9 Å². The fourth-order valence-corrected chi connectivity index (χ4v) is 6.29. The van der Waals surface area contributed by atoms with Gasteiger partial charge in [0, 0.05) is 75.6 Å². The molecule has 4 aromatic rings. The molecule has 6 rings (SSSR count). The zero-order valence-corrected chi connectivity index (χ0v) is 25.2. The smallest absolute Gasteiger partial charge is 0.291 e. The molecule has 0 spiro atoms. The molecule has 42 heavy (non-hydrogen) atoms. The monoisotopic (exact) mass is 606 g/mol. The van der Waals surface area contributed by atoms with E-state index in [-0.39, 0.29) is 11.8 Å². The van der Waals surface area contributed by atoms with Gasteiger partial charge in [0.1, 0.15) is 0 Å². The number of aromatic nitrogens is 4. The Bertz CT molecular complexity index is 1710. The van der Waals surface area contributed by atoms with Gasteiger partial charge in [-0.15, -0.1) is 0 Å². The van der Waals surface area contributed by atoms with E-state index < -0.39 is 0 Å². The number of rotatable bonds is 6. The van der Waals surface area contributed by atoms with Crippen LogP contribution in [-0.4, -0.2) is 55.5 Å². The Balaban J connectivity index is 1.24. The van der Waals surface area contributed by atoms with Gasteiger partial charge in [-0.1, -0.05) is 54.4 Å². The van der Waals surface area contributed by atoms with Crippen LogP contribution in [0.15, 0.2) is 36.4 Å².